The summed E-state index contributed by atoms with van der Waals surface area (Å²) in [7, 11) is 1.90. The van der Waals surface area contributed by atoms with Crippen LogP contribution in [0.5, 0.6) is 0 Å². The van der Waals surface area contributed by atoms with Crippen LogP contribution in [0, 0.1) is 5.82 Å². The fourth-order valence-electron chi connectivity index (χ4n) is 2.20. The molecule has 3 aromatic heterocycles. The van der Waals surface area contributed by atoms with Crippen molar-refractivity contribution in [3.63, 3.8) is 0 Å². The number of hydrogen-bond acceptors (Lipinski definition) is 6. The molecule has 8 heteroatoms. The molecule has 4 rings (SSSR count). The van der Waals surface area contributed by atoms with Gasteiger partial charge in [0.25, 0.3) is 0 Å². The lowest BCUT2D eigenvalue weighted by Gasteiger charge is -2.05. The summed E-state index contributed by atoms with van der Waals surface area (Å²) in [4.78, 5) is 9.47. The molecule has 0 bridgehead atoms. The Morgan fingerprint density at radius 2 is 2.09 bits per heavy atom. The fourth-order valence-corrected chi connectivity index (χ4v) is 3.79. The molecular weight excluding hydrogens is 333 g/mol. The molecule has 114 valence electrons. The van der Waals surface area contributed by atoms with E-state index in [1.54, 1.807) is 17.4 Å². The number of nitrogens with zero attached hydrogens (tertiary/aromatic N) is 5. The Labute approximate surface area is 139 Å². The molecular formula is C15H10FN5S2. The zero-order valence-electron chi connectivity index (χ0n) is 12.0. The highest BCUT2D eigenvalue weighted by Crippen LogP contribution is 2.32. The zero-order chi connectivity index (χ0) is 15.8. The molecule has 0 radical (unpaired) electrons. The number of benzene rings is 1. The first-order valence-electron chi connectivity index (χ1n) is 6.74. The van der Waals surface area contributed by atoms with Gasteiger partial charge in [-0.3, -0.25) is 0 Å². The van der Waals surface area contributed by atoms with Crippen LogP contribution < -0.4 is 0 Å². The number of thiophene rings is 1. The summed E-state index contributed by atoms with van der Waals surface area (Å²) in [5.41, 5.74) is 0.699. The van der Waals surface area contributed by atoms with Crippen molar-refractivity contribution in [2.24, 2.45) is 7.05 Å². The van der Waals surface area contributed by atoms with Crippen molar-refractivity contribution < 1.29 is 4.39 Å². The lowest BCUT2D eigenvalue weighted by Crippen LogP contribution is -1.95. The van der Waals surface area contributed by atoms with Crippen LogP contribution in [0.25, 0.3) is 21.6 Å². The second kappa shape index (κ2) is 5.71. The van der Waals surface area contributed by atoms with Gasteiger partial charge in [-0.05, 0) is 41.4 Å². The van der Waals surface area contributed by atoms with Crippen LogP contribution >= 0.6 is 23.1 Å². The highest BCUT2D eigenvalue weighted by atomic mass is 32.2. The van der Waals surface area contributed by atoms with Crippen LogP contribution in [0.15, 0.2) is 52.2 Å². The van der Waals surface area contributed by atoms with Gasteiger partial charge in [-0.1, -0.05) is 6.07 Å². The summed E-state index contributed by atoms with van der Waals surface area (Å²) in [6, 6.07) is 8.44. The minimum Gasteiger partial charge on any atom is -0.304 e. The van der Waals surface area contributed by atoms with Gasteiger partial charge in [0.05, 0.1) is 10.4 Å². The topological polar surface area (TPSA) is 56.5 Å². The van der Waals surface area contributed by atoms with Crippen LogP contribution in [-0.4, -0.2) is 24.7 Å². The average molecular weight is 343 g/mol. The van der Waals surface area contributed by atoms with Crippen molar-refractivity contribution >= 4 is 34.0 Å². The normalized spacial score (nSPS) is 11.2. The van der Waals surface area contributed by atoms with E-state index in [1.807, 2.05) is 29.1 Å². The molecule has 23 heavy (non-hydrogen) atoms. The summed E-state index contributed by atoms with van der Waals surface area (Å²) in [5, 5.41) is 12.5. The van der Waals surface area contributed by atoms with E-state index in [-0.39, 0.29) is 5.82 Å². The minimum atomic E-state index is -0.314. The molecule has 0 atom stereocenters. The lowest BCUT2D eigenvalue weighted by molar-refractivity contribution is 0.629. The van der Waals surface area contributed by atoms with E-state index < -0.39 is 0 Å². The second-order valence-electron chi connectivity index (χ2n) is 4.78. The summed E-state index contributed by atoms with van der Waals surface area (Å²) in [6.45, 7) is 0. The molecule has 0 unspecified atom stereocenters. The standard InChI is InChI=1S/C15H10FN5S2/c1-21-13(12-3-2-6-22-12)19-20-15(21)23-14-10-7-9(16)4-5-11(10)17-8-18-14/h2-8H,1H3. The third-order valence-corrected chi connectivity index (χ3v) is 5.25. The van der Waals surface area contributed by atoms with E-state index >= 15 is 0 Å². The van der Waals surface area contributed by atoms with Crippen molar-refractivity contribution in [1.82, 2.24) is 24.7 Å². The molecule has 0 aliphatic carbocycles. The van der Waals surface area contributed by atoms with E-state index in [0.717, 1.165) is 10.7 Å². The Morgan fingerprint density at radius 1 is 1.17 bits per heavy atom. The van der Waals surface area contributed by atoms with Crippen LogP contribution in [0.3, 0.4) is 0 Å². The molecule has 0 amide bonds. The number of halogens is 1. The molecule has 1 aromatic carbocycles. The maximum Gasteiger partial charge on any atom is 0.197 e. The van der Waals surface area contributed by atoms with Crippen LogP contribution in [0.1, 0.15) is 0 Å². The molecule has 0 aliphatic heterocycles. The first kappa shape index (κ1) is 14.3. The molecule has 0 saturated heterocycles. The van der Waals surface area contributed by atoms with E-state index in [9.17, 15) is 4.39 Å². The summed E-state index contributed by atoms with van der Waals surface area (Å²) < 4.78 is 15.4. The zero-order valence-corrected chi connectivity index (χ0v) is 13.6. The molecule has 5 nitrogen and oxygen atoms in total. The predicted molar refractivity (Wildman–Crippen MR) is 87.9 cm³/mol. The van der Waals surface area contributed by atoms with Gasteiger partial charge in [0, 0.05) is 12.4 Å². The maximum atomic E-state index is 13.5. The fraction of sp³-hybridized carbons (Fsp3) is 0.0667. The molecule has 0 saturated carbocycles. The molecule has 0 N–H and O–H groups in total. The molecule has 3 heterocycles. The third kappa shape index (κ3) is 2.60. The van der Waals surface area contributed by atoms with E-state index in [2.05, 4.69) is 20.2 Å². The minimum absolute atomic E-state index is 0.314. The van der Waals surface area contributed by atoms with E-state index in [4.69, 9.17) is 0 Å². The van der Waals surface area contributed by atoms with E-state index in [1.165, 1.54) is 30.2 Å². The van der Waals surface area contributed by atoms with Crippen molar-refractivity contribution in [2.75, 3.05) is 0 Å². The highest BCUT2D eigenvalue weighted by Gasteiger charge is 2.15. The number of rotatable bonds is 3. The Morgan fingerprint density at radius 3 is 2.91 bits per heavy atom. The largest absolute Gasteiger partial charge is 0.304 e. The van der Waals surface area contributed by atoms with E-state index in [0.29, 0.717) is 21.1 Å². The van der Waals surface area contributed by atoms with Gasteiger partial charge in [-0.25, -0.2) is 14.4 Å². The number of aromatic nitrogens is 5. The Balaban J connectivity index is 1.76. The second-order valence-corrected chi connectivity index (χ2v) is 6.69. The summed E-state index contributed by atoms with van der Waals surface area (Å²) in [6.07, 6.45) is 1.47. The summed E-state index contributed by atoms with van der Waals surface area (Å²) >= 11 is 2.95. The van der Waals surface area contributed by atoms with Crippen molar-refractivity contribution in [2.45, 2.75) is 10.2 Å². The van der Waals surface area contributed by atoms with Crippen LogP contribution in [0.4, 0.5) is 4.39 Å². The van der Waals surface area contributed by atoms with Gasteiger partial charge in [0.2, 0.25) is 0 Å². The Bertz CT molecular complexity index is 981. The first-order valence-corrected chi connectivity index (χ1v) is 8.43. The SMILES string of the molecule is Cn1c(Sc2ncnc3ccc(F)cc23)nnc1-c1cccs1. The summed E-state index contributed by atoms with van der Waals surface area (Å²) in [5.74, 6) is 0.485. The Kier molecular flexibility index (Phi) is 3.55. The molecule has 0 spiro atoms. The first-order chi connectivity index (χ1) is 11.2. The van der Waals surface area contributed by atoms with Gasteiger partial charge in [-0.15, -0.1) is 21.5 Å². The Hall–Kier alpha value is -2.32. The monoisotopic (exact) mass is 343 g/mol. The van der Waals surface area contributed by atoms with Gasteiger partial charge >= 0.3 is 0 Å². The quantitative estimate of drug-likeness (QED) is 0.530. The molecule has 0 fully saturated rings. The molecule has 4 aromatic rings. The number of fused-ring (bicyclic) bond motifs is 1. The van der Waals surface area contributed by atoms with Crippen molar-refractivity contribution in [3.8, 4) is 10.7 Å². The third-order valence-electron chi connectivity index (χ3n) is 3.33. The van der Waals surface area contributed by atoms with Gasteiger partial charge in [0.15, 0.2) is 11.0 Å². The van der Waals surface area contributed by atoms with Gasteiger partial charge in [0.1, 0.15) is 17.2 Å². The maximum absolute atomic E-state index is 13.5. The van der Waals surface area contributed by atoms with Crippen LogP contribution in [-0.2, 0) is 7.05 Å². The van der Waals surface area contributed by atoms with Gasteiger partial charge in [-0.2, -0.15) is 0 Å². The van der Waals surface area contributed by atoms with Gasteiger partial charge < -0.3 is 4.57 Å². The predicted octanol–water partition coefficient (Wildman–Crippen LogP) is 3.78. The van der Waals surface area contributed by atoms with Crippen molar-refractivity contribution in [1.29, 1.82) is 0 Å². The lowest BCUT2D eigenvalue weighted by atomic mass is 10.2. The smallest absolute Gasteiger partial charge is 0.197 e. The average Bonchev–Trinajstić information content (AvgIpc) is 3.19. The van der Waals surface area contributed by atoms with Crippen molar-refractivity contribution in [3.05, 3.63) is 47.9 Å². The van der Waals surface area contributed by atoms with Crippen LogP contribution in [0.2, 0.25) is 0 Å². The molecule has 0 aliphatic rings. The highest BCUT2D eigenvalue weighted by molar-refractivity contribution is 7.99. The number of hydrogen-bond donors (Lipinski definition) is 0.